The van der Waals surface area contributed by atoms with E-state index < -0.39 is 0 Å². The smallest absolute Gasteiger partial charge is 0.164 e. The highest BCUT2D eigenvalue weighted by atomic mass is 16.3. The fourth-order valence-electron chi connectivity index (χ4n) is 9.40. The van der Waals surface area contributed by atoms with Crippen LogP contribution in [0.25, 0.3) is 94.7 Å². The molecule has 11 rings (SSSR count). The van der Waals surface area contributed by atoms with E-state index in [1.807, 2.05) is 18.2 Å². The van der Waals surface area contributed by atoms with Crippen molar-refractivity contribution in [2.45, 2.75) is 19.3 Å². The number of aromatic nitrogens is 4. The van der Waals surface area contributed by atoms with Crippen LogP contribution in [0.4, 0.5) is 0 Å². The maximum Gasteiger partial charge on any atom is 0.164 e. The SMILES string of the molecule is [B]c1c([B])c([B])c(-c2nc(-c3ccc4c(c3)oc3cc(-n5c6ccccc6c6cc7c(cc65)C(C)(C)c5ccccc5-7)ccc34)nc(-c3c([B])c([B])c([B])c([B])c3[B])n2)c([B])c1[B]. The largest absolute Gasteiger partial charge is 0.456 e. The highest BCUT2D eigenvalue weighted by molar-refractivity contribution is 6.70. The molecule has 0 bridgehead atoms. The molecule has 0 saturated carbocycles. The van der Waals surface area contributed by atoms with E-state index in [9.17, 15) is 0 Å². The van der Waals surface area contributed by atoms with Crippen molar-refractivity contribution < 1.29 is 4.42 Å². The van der Waals surface area contributed by atoms with Gasteiger partial charge in [-0.05, 0) is 64.7 Å². The van der Waals surface area contributed by atoms with Crippen molar-refractivity contribution in [3.05, 3.63) is 108 Å². The minimum absolute atomic E-state index is 0.00889. The number of fused-ring (bicyclic) bond motifs is 9. The fraction of sp³-hybridized carbons (Fsp3) is 0.0625. The lowest BCUT2D eigenvalue weighted by Gasteiger charge is -2.22. The summed E-state index contributed by atoms with van der Waals surface area (Å²) in [5.41, 5.74) is 10.5. The molecule has 0 saturated heterocycles. The molecule has 1 aliphatic carbocycles. The summed E-state index contributed by atoms with van der Waals surface area (Å²) >= 11 is 0. The van der Waals surface area contributed by atoms with Crippen molar-refractivity contribution in [1.82, 2.24) is 19.5 Å². The van der Waals surface area contributed by atoms with Crippen molar-refractivity contribution in [3.8, 4) is 51.0 Å². The van der Waals surface area contributed by atoms with E-state index in [0.29, 0.717) is 16.7 Å². The van der Waals surface area contributed by atoms with Crippen LogP contribution in [0.15, 0.2) is 101 Å². The zero-order valence-electron chi connectivity index (χ0n) is 34.2. The van der Waals surface area contributed by atoms with Gasteiger partial charge in [-0.25, -0.2) is 15.0 Å². The molecule has 0 unspecified atom stereocenters. The predicted octanol–water partition coefficient (Wildman–Crippen LogP) is 0.113. The second-order valence-corrected chi connectivity index (χ2v) is 16.6. The minimum Gasteiger partial charge on any atom is -0.456 e. The highest BCUT2D eigenvalue weighted by Gasteiger charge is 2.36. The fourth-order valence-corrected chi connectivity index (χ4v) is 9.40. The summed E-state index contributed by atoms with van der Waals surface area (Å²) in [6.07, 6.45) is 0. The number of nitrogens with zero attached hydrogens (tertiary/aromatic N) is 4. The van der Waals surface area contributed by atoms with Gasteiger partial charge in [0, 0.05) is 55.4 Å². The summed E-state index contributed by atoms with van der Waals surface area (Å²) in [6, 6.07) is 33.9. The number of hydrogen-bond acceptors (Lipinski definition) is 4. The van der Waals surface area contributed by atoms with E-state index in [0.717, 1.165) is 27.5 Å². The summed E-state index contributed by atoms with van der Waals surface area (Å²) in [7, 11) is 63.4. The van der Waals surface area contributed by atoms with Crippen LogP contribution in [-0.4, -0.2) is 98.0 Å². The van der Waals surface area contributed by atoms with Gasteiger partial charge in [0.25, 0.3) is 0 Å². The Morgan fingerprint density at radius 1 is 0.429 bits per heavy atom. The van der Waals surface area contributed by atoms with Gasteiger partial charge >= 0.3 is 0 Å². The third kappa shape index (κ3) is 5.60. The van der Waals surface area contributed by atoms with Gasteiger partial charge in [-0.3, -0.25) is 0 Å². The van der Waals surface area contributed by atoms with Crippen molar-refractivity contribution in [1.29, 1.82) is 0 Å². The number of rotatable bonds is 4. The first-order valence-electron chi connectivity index (χ1n) is 20.1. The second kappa shape index (κ2) is 13.9. The van der Waals surface area contributed by atoms with Crippen LogP contribution in [-0.2, 0) is 5.41 Å². The molecule has 0 amide bonds. The lowest BCUT2D eigenvalue weighted by molar-refractivity contribution is 0.661. The molecule has 15 heteroatoms. The van der Waals surface area contributed by atoms with Crippen LogP contribution in [0.3, 0.4) is 0 Å². The third-order valence-electron chi connectivity index (χ3n) is 12.8. The van der Waals surface area contributed by atoms with E-state index in [1.165, 1.54) is 33.0 Å². The summed E-state index contributed by atoms with van der Waals surface area (Å²) in [5, 5.41) is 4.17. The van der Waals surface area contributed by atoms with Gasteiger partial charge in [0.1, 0.15) is 89.6 Å². The zero-order chi connectivity index (χ0) is 44.0. The van der Waals surface area contributed by atoms with Gasteiger partial charge < -0.3 is 8.98 Å². The number of hydrogen-bond donors (Lipinski definition) is 0. The molecule has 270 valence electrons. The Bertz CT molecular complexity index is 3540. The van der Waals surface area contributed by atoms with Gasteiger partial charge in [-0.1, -0.05) is 84.2 Å². The zero-order valence-corrected chi connectivity index (χ0v) is 34.2. The molecule has 3 heterocycles. The Morgan fingerprint density at radius 3 is 1.59 bits per heavy atom. The van der Waals surface area contributed by atoms with Gasteiger partial charge in [0.05, 0.1) is 11.0 Å². The van der Waals surface area contributed by atoms with Gasteiger partial charge in [-0.15, -0.1) is 32.8 Å². The standard InChI is InChI=1S/C48H22B10N4O/c1-48(2)27-9-5-3-7-21(27)25-17-26-22-8-4-6-10-29(22)62(30(26)18-28(25)48)20-12-14-24-23-13-11-19(15-31(23)63-32(24)16-20)45-59-46(33-35(49)39(53)43(57)40(54)36(33)50)61-47(60-45)34-37(51)41(55)44(58)42(56)38(34)52/h3-18H,1-2H3. The molecule has 1 aliphatic rings. The first-order chi connectivity index (χ1) is 30.1. The van der Waals surface area contributed by atoms with E-state index >= 15 is 0 Å². The molecular formula is C48H22B10N4O. The van der Waals surface area contributed by atoms with Crippen LogP contribution in [0.5, 0.6) is 0 Å². The molecule has 5 nitrogen and oxygen atoms in total. The maximum absolute atomic E-state index is 6.66. The summed E-state index contributed by atoms with van der Waals surface area (Å²) in [5.74, 6) is 0.200. The predicted molar refractivity (Wildman–Crippen MR) is 269 cm³/mol. The number of para-hydroxylation sites is 1. The highest BCUT2D eigenvalue weighted by Crippen LogP contribution is 2.51. The molecule has 10 aromatic rings. The average Bonchev–Trinajstić information content (AvgIpc) is 3.89. The number of benzene rings is 7. The quantitative estimate of drug-likeness (QED) is 0.239. The summed E-state index contributed by atoms with van der Waals surface area (Å²) < 4.78 is 8.98. The van der Waals surface area contributed by atoms with Gasteiger partial charge in [0.2, 0.25) is 0 Å². The Labute approximate surface area is 377 Å². The molecule has 0 spiro atoms. The first kappa shape index (κ1) is 39.6. The van der Waals surface area contributed by atoms with E-state index in [1.54, 1.807) is 0 Å². The summed E-state index contributed by atoms with van der Waals surface area (Å²) in [4.78, 5) is 14.3. The van der Waals surface area contributed by atoms with Crippen molar-refractivity contribution >= 4 is 177 Å². The average molecular weight is 779 g/mol. The molecular weight excluding hydrogens is 757 g/mol. The van der Waals surface area contributed by atoms with Crippen LogP contribution < -0.4 is 54.6 Å². The topological polar surface area (TPSA) is 56.7 Å². The first-order valence-corrected chi connectivity index (χ1v) is 20.1. The summed E-state index contributed by atoms with van der Waals surface area (Å²) in [6.45, 7) is 4.60. The van der Waals surface area contributed by atoms with Crippen LogP contribution >= 0.6 is 0 Å². The van der Waals surface area contributed by atoms with Gasteiger partial charge in [-0.2, -0.15) is 0 Å². The normalized spacial score (nSPS) is 13.0. The van der Waals surface area contributed by atoms with Crippen molar-refractivity contribution in [2.24, 2.45) is 0 Å². The number of furan rings is 1. The Hall–Kier alpha value is -6.20. The van der Waals surface area contributed by atoms with E-state index in [4.69, 9.17) is 97.8 Å². The van der Waals surface area contributed by atoms with E-state index in [-0.39, 0.29) is 88.6 Å². The monoisotopic (exact) mass is 780 g/mol. The van der Waals surface area contributed by atoms with Crippen LogP contribution in [0.2, 0.25) is 0 Å². The maximum atomic E-state index is 6.66. The molecule has 0 N–H and O–H groups in total. The third-order valence-corrected chi connectivity index (χ3v) is 12.8. The second-order valence-electron chi connectivity index (χ2n) is 16.6. The molecule has 0 aliphatic heterocycles. The molecule has 63 heavy (non-hydrogen) atoms. The lowest BCUT2D eigenvalue weighted by Crippen LogP contribution is -2.55. The van der Waals surface area contributed by atoms with Crippen molar-refractivity contribution in [2.75, 3.05) is 0 Å². The molecule has 0 atom stereocenters. The van der Waals surface area contributed by atoms with Crippen LogP contribution in [0.1, 0.15) is 25.0 Å². The molecule has 7 aromatic carbocycles. The van der Waals surface area contributed by atoms with Gasteiger partial charge in [0.15, 0.2) is 17.5 Å². The van der Waals surface area contributed by atoms with E-state index in [2.05, 4.69) is 97.3 Å². The molecule has 3 aromatic heterocycles. The lowest BCUT2D eigenvalue weighted by atomic mass is 9.60. The Kier molecular flexibility index (Phi) is 8.74. The molecule has 0 fully saturated rings. The Morgan fingerprint density at radius 2 is 0.952 bits per heavy atom. The Balaban J connectivity index is 1.09. The van der Waals surface area contributed by atoms with Crippen molar-refractivity contribution in [3.63, 3.8) is 0 Å². The molecule has 20 radical (unpaired) electrons. The minimum atomic E-state index is -0.161. The van der Waals surface area contributed by atoms with Crippen LogP contribution in [0, 0.1) is 0 Å².